The SMILES string of the molecule is CN1CCN(c2nccc3[nH]c(-c4n[nH]c5ccc(-c6cncc(CNCN7CCC(F)(F)C7)c6)c(F)c45)nc23)CC1. The topological polar surface area (TPSA) is 105 Å². The molecule has 6 heterocycles. The van der Waals surface area contributed by atoms with Crippen molar-refractivity contribution in [3.05, 3.63) is 54.2 Å². The number of rotatable bonds is 7. The minimum Gasteiger partial charge on any atom is -0.352 e. The van der Waals surface area contributed by atoms with Crippen molar-refractivity contribution in [3.63, 3.8) is 0 Å². The average Bonchev–Trinajstić information content (AvgIpc) is 3.70. The van der Waals surface area contributed by atoms with Crippen LogP contribution in [0.4, 0.5) is 19.0 Å². The van der Waals surface area contributed by atoms with Gasteiger partial charge in [0.2, 0.25) is 0 Å². The number of nitrogens with zero attached hydrogens (tertiary/aromatic N) is 7. The first-order chi connectivity index (χ1) is 20.3. The number of aromatic nitrogens is 6. The normalized spacial score (nSPS) is 18.0. The van der Waals surface area contributed by atoms with Gasteiger partial charge in [-0.3, -0.25) is 15.0 Å². The number of anilines is 1. The molecule has 0 spiro atoms. The van der Waals surface area contributed by atoms with Gasteiger partial charge in [0.25, 0.3) is 5.92 Å². The van der Waals surface area contributed by atoms with Gasteiger partial charge in [0.1, 0.15) is 17.0 Å². The van der Waals surface area contributed by atoms with E-state index in [0.717, 1.165) is 48.6 Å². The highest BCUT2D eigenvalue weighted by molar-refractivity contribution is 5.97. The number of H-pyrrole nitrogens is 2. The van der Waals surface area contributed by atoms with Crippen LogP contribution in [0.2, 0.25) is 0 Å². The summed E-state index contributed by atoms with van der Waals surface area (Å²) in [5, 5.41) is 10.9. The fourth-order valence-electron chi connectivity index (χ4n) is 5.78. The smallest absolute Gasteiger partial charge is 0.261 e. The zero-order chi connectivity index (χ0) is 28.8. The highest BCUT2D eigenvalue weighted by Gasteiger charge is 2.37. The molecule has 42 heavy (non-hydrogen) atoms. The minimum absolute atomic E-state index is 0.119. The summed E-state index contributed by atoms with van der Waals surface area (Å²) < 4.78 is 43.2. The molecule has 0 radical (unpaired) electrons. The van der Waals surface area contributed by atoms with Crippen molar-refractivity contribution in [2.24, 2.45) is 0 Å². The van der Waals surface area contributed by atoms with Crippen LogP contribution >= 0.6 is 0 Å². The van der Waals surface area contributed by atoms with Gasteiger partial charge in [-0.15, -0.1) is 0 Å². The Morgan fingerprint density at radius 1 is 1.05 bits per heavy atom. The van der Waals surface area contributed by atoms with E-state index in [-0.39, 0.29) is 13.0 Å². The number of benzene rings is 1. The Labute approximate surface area is 240 Å². The van der Waals surface area contributed by atoms with Gasteiger partial charge in [-0.05, 0) is 36.9 Å². The molecule has 3 N–H and O–H groups in total. The van der Waals surface area contributed by atoms with E-state index in [1.54, 1.807) is 35.6 Å². The molecule has 218 valence electrons. The maximum Gasteiger partial charge on any atom is 0.261 e. The van der Waals surface area contributed by atoms with Crippen LogP contribution in [-0.4, -0.2) is 98.8 Å². The molecular formula is C29H31F3N10. The lowest BCUT2D eigenvalue weighted by Crippen LogP contribution is -2.44. The lowest BCUT2D eigenvalue weighted by atomic mass is 10.0. The summed E-state index contributed by atoms with van der Waals surface area (Å²) in [5.41, 5.74) is 4.30. The molecule has 5 aromatic rings. The molecule has 13 heteroatoms. The van der Waals surface area contributed by atoms with Crippen molar-refractivity contribution in [2.75, 3.05) is 57.9 Å². The van der Waals surface area contributed by atoms with Crippen LogP contribution < -0.4 is 10.2 Å². The van der Waals surface area contributed by atoms with Crippen LogP contribution in [-0.2, 0) is 6.54 Å². The van der Waals surface area contributed by atoms with Gasteiger partial charge >= 0.3 is 0 Å². The van der Waals surface area contributed by atoms with Crippen molar-refractivity contribution in [3.8, 4) is 22.6 Å². The van der Waals surface area contributed by atoms with Crippen molar-refractivity contribution in [2.45, 2.75) is 18.9 Å². The van der Waals surface area contributed by atoms with Gasteiger partial charge < -0.3 is 20.1 Å². The highest BCUT2D eigenvalue weighted by Crippen LogP contribution is 2.35. The van der Waals surface area contributed by atoms with Gasteiger partial charge in [-0.2, -0.15) is 5.10 Å². The van der Waals surface area contributed by atoms with Crippen molar-refractivity contribution < 1.29 is 13.2 Å². The maximum atomic E-state index is 16.2. The van der Waals surface area contributed by atoms with Crippen LogP contribution in [0.5, 0.6) is 0 Å². The third-order valence-electron chi connectivity index (χ3n) is 8.09. The first-order valence-corrected chi connectivity index (χ1v) is 14.0. The second kappa shape index (κ2) is 10.6. The number of likely N-dealkylation sites (N-methyl/N-ethyl adjacent to an activating group) is 1. The van der Waals surface area contributed by atoms with Gasteiger partial charge in [-0.25, -0.2) is 23.1 Å². The lowest BCUT2D eigenvalue weighted by molar-refractivity contribution is 0.0115. The molecule has 2 aliphatic heterocycles. The van der Waals surface area contributed by atoms with Crippen LogP contribution in [0.25, 0.3) is 44.6 Å². The van der Waals surface area contributed by atoms with Crippen LogP contribution in [0.15, 0.2) is 42.9 Å². The van der Waals surface area contributed by atoms with Crippen LogP contribution in [0.1, 0.15) is 12.0 Å². The summed E-state index contributed by atoms with van der Waals surface area (Å²) in [7, 11) is 2.11. The number of piperazine rings is 1. The van der Waals surface area contributed by atoms with Gasteiger partial charge in [0.15, 0.2) is 11.6 Å². The van der Waals surface area contributed by atoms with Gasteiger partial charge in [0.05, 0.1) is 23.0 Å². The Morgan fingerprint density at radius 3 is 2.71 bits per heavy atom. The predicted molar refractivity (Wildman–Crippen MR) is 155 cm³/mol. The van der Waals surface area contributed by atoms with Crippen LogP contribution in [0, 0.1) is 5.82 Å². The zero-order valence-corrected chi connectivity index (χ0v) is 23.2. The molecule has 0 saturated carbocycles. The Bertz CT molecular complexity index is 1740. The summed E-state index contributed by atoms with van der Waals surface area (Å²) in [6.07, 6.45) is 4.94. The Kier molecular flexibility index (Phi) is 6.79. The monoisotopic (exact) mass is 576 g/mol. The number of likely N-dealkylation sites (tertiary alicyclic amines) is 1. The summed E-state index contributed by atoms with van der Waals surface area (Å²) in [5.74, 6) is -1.80. The van der Waals surface area contributed by atoms with E-state index in [4.69, 9.17) is 4.98 Å². The molecule has 0 atom stereocenters. The number of pyridine rings is 2. The fourth-order valence-corrected chi connectivity index (χ4v) is 5.78. The molecule has 0 aliphatic carbocycles. The Hall–Kier alpha value is -4.07. The second-order valence-corrected chi connectivity index (χ2v) is 11.2. The molecule has 0 unspecified atom stereocenters. The molecular weight excluding hydrogens is 545 g/mol. The van der Waals surface area contributed by atoms with Crippen molar-refractivity contribution in [1.82, 2.24) is 45.2 Å². The first-order valence-electron chi connectivity index (χ1n) is 14.0. The number of hydrogen-bond donors (Lipinski definition) is 3. The molecule has 7 rings (SSSR count). The van der Waals surface area contributed by atoms with E-state index in [9.17, 15) is 8.78 Å². The van der Waals surface area contributed by atoms with Crippen LogP contribution in [0.3, 0.4) is 0 Å². The third kappa shape index (κ3) is 5.08. The predicted octanol–water partition coefficient (Wildman–Crippen LogP) is 3.84. The third-order valence-corrected chi connectivity index (χ3v) is 8.09. The molecule has 0 bridgehead atoms. The molecule has 1 aromatic carbocycles. The highest BCUT2D eigenvalue weighted by atomic mass is 19.3. The average molecular weight is 577 g/mol. The number of halogens is 3. The number of alkyl halides is 2. The Morgan fingerprint density at radius 2 is 1.90 bits per heavy atom. The number of hydrogen-bond acceptors (Lipinski definition) is 8. The fraction of sp³-hybridized carbons (Fsp3) is 0.379. The number of imidazole rings is 1. The summed E-state index contributed by atoms with van der Waals surface area (Å²) in [6, 6.07) is 7.22. The van der Waals surface area contributed by atoms with E-state index in [0.29, 0.717) is 53.3 Å². The van der Waals surface area contributed by atoms with Crippen molar-refractivity contribution in [1.29, 1.82) is 0 Å². The number of fused-ring (bicyclic) bond motifs is 2. The second-order valence-electron chi connectivity index (χ2n) is 11.2. The van der Waals surface area contributed by atoms with E-state index in [1.165, 1.54) is 0 Å². The van der Waals surface area contributed by atoms with Gasteiger partial charge in [-0.1, -0.05) is 0 Å². The first kappa shape index (κ1) is 26.8. The molecule has 2 fully saturated rings. The van der Waals surface area contributed by atoms with E-state index in [2.05, 4.69) is 47.3 Å². The summed E-state index contributed by atoms with van der Waals surface area (Å²) >= 11 is 0. The largest absolute Gasteiger partial charge is 0.352 e. The molecule has 4 aromatic heterocycles. The molecule has 10 nitrogen and oxygen atoms in total. The number of nitrogens with one attached hydrogen (secondary N) is 3. The minimum atomic E-state index is -2.63. The summed E-state index contributed by atoms with van der Waals surface area (Å²) in [4.78, 5) is 23.3. The number of aromatic amines is 2. The van der Waals surface area contributed by atoms with E-state index >= 15 is 4.39 Å². The van der Waals surface area contributed by atoms with E-state index in [1.807, 2.05) is 12.1 Å². The molecule has 2 aliphatic rings. The zero-order valence-electron chi connectivity index (χ0n) is 23.2. The molecule has 2 saturated heterocycles. The Balaban J connectivity index is 1.16. The molecule has 0 amide bonds. The maximum absolute atomic E-state index is 16.2. The quantitative estimate of drug-likeness (QED) is 0.269. The summed E-state index contributed by atoms with van der Waals surface area (Å²) in [6.45, 7) is 4.48. The lowest BCUT2D eigenvalue weighted by Gasteiger charge is -2.33. The van der Waals surface area contributed by atoms with Crippen molar-refractivity contribution >= 4 is 27.8 Å². The van der Waals surface area contributed by atoms with E-state index < -0.39 is 11.7 Å². The standard InChI is InChI=1S/C29H31F3N10/c1-40-8-10-42(11-9-40)28-25-22(4-6-35-28)36-27(37-25)26-23-21(38-39-26)3-2-20(24(23)30)19-12-18(13-33-15-19)14-34-17-41-7-5-29(31,32)16-41/h2-4,6,12-13,15,34H,5,7-11,14,16-17H2,1H3,(H,36,37)(H,38,39). The van der Waals surface area contributed by atoms with Gasteiger partial charge in [0, 0.05) is 82.1 Å².